The molecule has 2 saturated heterocycles. The number of carbonyl (C=O) groups excluding carboxylic acids is 1. The van der Waals surface area contributed by atoms with Crippen LogP contribution in [0.3, 0.4) is 0 Å². The molecule has 5 nitrogen and oxygen atoms in total. The summed E-state index contributed by atoms with van der Waals surface area (Å²) >= 11 is 0. The predicted octanol–water partition coefficient (Wildman–Crippen LogP) is 2.93. The highest BCUT2D eigenvalue weighted by Crippen LogP contribution is 2.43. The molecule has 154 valence electrons. The van der Waals surface area contributed by atoms with Crippen LogP contribution in [0.15, 0.2) is 0 Å². The van der Waals surface area contributed by atoms with Gasteiger partial charge in [-0.05, 0) is 51.9 Å². The van der Waals surface area contributed by atoms with E-state index in [4.69, 9.17) is 0 Å². The second-order valence-electron chi connectivity index (χ2n) is 8.50. The third kappa shape index (κ3) is 3.15. The quantitative estimate of drug-likeness (QED) is 0.780. The Morgan fingerprint density at radius 3 is 2.50 bits per heavy atom. The van der Waals surface area contributed by atoms with Gasteiger partial charge < -0.3 is 14.9 Å². The van der Waals surface area contributed by atoms with Crippen LogP contribution in [0.5, 0.6) is 0 Å². The van der Waals surface area contributed by atoms with Crippen LogP contribution in [0.2, 0.25) is 0 Å². The lowest BCUT2D eigenvalue weighted by molar-refractivity contribution is -0.139. The van der Waals surface area contributed by atoms with Crippen molar-refractivity contribution in [2.45, 2.75) is 64.0 Å². The molecule has 3 heterocycles. The molecule has 1 aliphatic carbocycles. The summed E-state index contributed by atoms with van der Waals surface area (Å²) in [5.74, 6) is -3.58. The van der Waals surface area contributed by atoms with E-state index in [1.165, 1.54) is 6.92 Å². The number of likely N-dealkylation sites (tertiary alicyclic amines) is 1. The largest absolute Gasteiger partial charge is 0.393 e. The lowest BCUT2D eigenvalue weighted by Gasteiger charge is -2.41. The zero-order valence-electron chi connectivity index (χ0n) is 16.1. The normalized spacial score (nSPS) is 31.1. The summed E-state index contributed by atoms with van der Waals surface area (Å²) in [6.07, 6.45) is 4.77. The number of halogens is 3. The van der Waals surface area contributed by atoms with Crippen molar-refractivity contribution >= 4 is 11.7 Å². The van der Waals surface area contributed by atoms with Crippen molar-refractivity contribution < 1.29 is 23.1 Å². The molecule has 1 spiro atoms. The molecular formula is C20H26F3N3O2. The van der Waals surface area contributed by atoms with Gasteiger partial charge in [0.05, 0.1) is 11.5 Å². The number of anilines is 1. The summed E-state index contributed by atoms with van der Waals surface area (Å²) in [4.78, 5) is 20.3. The van der Waals surface area contributed by atoms with Gasteiger partial charge in [0.1, 0.15) is 0 Å². The van der Waals surface area contributed by atoms with Crippen LogP contribution in [-0.4, -0.2) is 52.7 Å². The van der Waals surface area contributed by atoms with Crippen LogP contribution in [0.1, 0.15) is 50.5 Å². The molecule has 1 N–H and O–H groups in total. The van der Waals surface area contributed by atoms with Gasteiger partial charge in [0, 0.05) is 31.2 Å². The van der Waals surface area contributed by atoms with Crippen LogP contribution < -0.4 is 4.90 Å². The van der Waals surface area contributed by atoms with Gasteiger partial charge in [-0.3, -0.25) is 4.79 Å². The zero-order chi connectivity index (χ0) is 20.1. The lowest BCUT2D eigenvalue weighted by atomic mass is 9.78. The van der Waals surface area contributed by atoms with Crippen LogP contribution in [0, 0.1) is 29.9 Å². The smallest absolute Gasteiger partial charge is 0.251 e. The highest BCUT2D eigenvalue weighted by atomic mass is 19.2. The Hall–Kier alpha value is -1.83. The molecule has 3 fully saturated rings. The van der Waals surface area contributed by atoms with Gasteiger partial charge in [-0.2, -0.15) is 9.37 Å². The number of aromatic nitrogens is 1. The number of carbonyl (C=O) groups is 1. The van der Waals surface area contributed by atoms with Crippen molar-refractivity contribution in [3.8, 4) is 0 Å². The molecular weight excluding hydrogens is 371 g/mol. The number of aliphatic hydroxyl groups is 1. The highest BCUT2D eigenvalue weighted by Gasteiger charge is 2.51. The van der Waals surface area contributed by atoms with Gasteiger partial charge in [-0.1, -0.05) is 0 Å². The average molecular weight is 397 g/mol. The Morgan fingerprint density at radius 2 is 1.79 bits per heavy atom. The van der Waals surface area contributed by atoms with Crippen LogP contribution in [-0.2, 0) is 4.79 Å². The maximum Gasteiger partial charge on any atom is 0.251 e. The van der Waals surface area contributed by atoms with Crippen molar-refractivity contribution in [2.24, 2.45) is 5.41 Å². The van der Waals surface area contributed by atoms with Crippen molar-refractivity contribution in [2.75, 3.05) is 24.5 Å². The van der Waals surface area contributed by atoms with Gasteiger partial charge in [-0.25, -0.2) is 8.78 Å². The van der Waals surface area contributed by atoms with E-state index in [9.17, 15) is 23.1 Å². The van der Waals surface area contributed by atoms with E-state index in [0.29, 0.717) is 45.2 Å². The third-order valence-electron chi connectivity index (χ3n) is 6.77. The SMILES string of the molecule is Cc1c(F)c(F)nc(N2CCC[C@]3(CCN(C4CCC(O)CC4)C3=O)C2)c1F. The van der Waals surface area contributed by atoms with Crippen molar-refractivity contribution in [3.63, 3.8) is 0 Å². The third-order valence-corrected chi connectivity index (χ3v) is 6.77. The lowest BCUT2D eigenvalue weighted by Crippen LogP contribution is -2.50. The number of hydrogen-bond acceptors (Lipinski definition) is 4. The molecule has 0 aromatic carbocycles. The zero-order valence-corrected chi connectivity index (χ0v) is 16.1. The fourth-order valence-electron chi connectivity index (χ4n) is 5.08. The minimum absolute atomic E-state index is 0.0679. The first-order chi connectivity index (χ1) is 13.3. The summed E-state index contributed by atoms with van der Waals surface area (Å²) in [7, 11) is 0. The molecule has 1 atom stereocenters. The molecule has 0 unspecified atom stereocenters. The Kier molecular flexibility index (Phi) is 5.02. The predicted molar refractivity (Wildman–Crippen MR) is 97.3 cm³/mol. The molecule has 8 heteroatoms. The van der Waals surface area contributed by atoms with Crippen LogP contribution >= 0.6 is 0 Å². The van der Waals surface area contributed by atoms with E-state index in [2.05, 4.69) is 4.98 Å². The Labute approximate surface area is 162 Å². The number of hydrogen-bond donors (Lipinski definition) is 1. The Bertz CT molecular complexity index is 782. The minimum atomic E-state index is -1.31. The summed E-state index contributed by atoms with van der Waals surface area (Å²) in [5.41, 5.74) is -1.01. The number of nitrogens with zero attached hydrogens (tertiary/aromatic N) is 3. The van der Waals surface area contributed by atoms with Crippen molar-refractivity contribution in [1.29, 1.82) is 0 Å². The van der Waals surface area contributed by atoms with Gasteiger partial charge >= 0.3 is 0 Å². The maximum atomic E-state index is 14.6. The molecule has 28 heavy (non-hydrogen) atoms. The Balaban J connectivity index is 1.55. The molecule has 2 aliphatic heterocycles. The summed E-state index contributed by atoms with van der Waals surface area (Å²) in [6, 6.07) is 0.144. The molecule has 1 saturated carbocycles. The average Bonchev–Trinajstić information content (AvgIpc) is 2.99. The van der Waals surface area contributed by atoms with E-state index in [-0.39, 0.29) is 36.0 Å². The number of pyridine rings is 1. The number of rotatable bonds is 2. The van der Waals surface area contributed by atoms with Crippen molar-refractivity contribution in [3.05, 3.63) is 23.1 Å². The fraction of sp³-hybridized carbons (Fsp3) is 0.700. The highest BCUT2D eigenvalue weighted by molar-refractivity contribution is 5.86. The first-order valence-electron chi connectivity index (χ1n) is 10.1. The van der Waals surface area contributed by atoms with E-state index < -0.39 is 23.0 Å². The van der Waals surface area contributed by atoms with Crippen molar-refractivity contribution in [1.82, 2.24) is 9.88 Å². The number of aliphatic hydroxyl groups excluding tert-OH is 1. The maximum absolute atomic E-state index is 14.6. The minimum Gasteiger partial charge on any atom is -0.393 e. The summed E-state index contributed by atoms with van der Waals surface area (Å²) < 4.78 is 42.0. The van der Waals surface area contributed by atoms with E-state index in [1.54, 1.807) is 4.90 Å². The van der Waals surface area contributed by atoms with E-state index >= 15 is 0 Å². The topological polar surface area (TPSA) is 56.7 Å². The first kappa shape index (κ1) is 19.5. The second-order valence-corrected chi connectivity index (χ2v) is 8.50. The molecule has 1 amide bonds. The standard InChI is InChI=1S/C20H26F3N3O2/c1-12-15(21)17(23)24-18(16(12)22)25-9-2-7-20(11-25)8-10-26(19(20)28)13-3-5-14(27)6-4-13/h13-14,27H,2-11H2,1H3/t13?,14?,20-/m0/s1. The Morgan fingerprint density at radius 1 is 1.07 bits per heavy atom. The molecule has 0 bridgehead atoms. The van der Waals surface area contributed by atoms with Gasteiger partial charge in [0.2, 0.25) is 5.91 Å². The van der Waals surface area contributed by atoms with Crippen LogP contribution in [0.25, 0.3) is 0 Å². The van der Waals surface area contributed by atoms with E-state index in [1.807, 2.05) is 4.90 Å². The molecule has 1 aromatic rings. The van der Waals surface area contributed by atoms with Gasteiger partial charge in [0.15, 0.2) is 17.5 Å². The molecule has 1 aromatic heterocycles. The molecule has 0 radical (unpaired) electrons. The molecule has 3 aliphatic rings. The monoisotopic (exact) mass is 397 g/mol. The number of amides is 1. The summed E-state index contributed by atoms with van der Waals surface area (Å²) in [5, 5.41) is 9.72. The molecule has 4 rings (SSSR count). The summed E-state index contributed by atoms with van der Waals surface area (Å²) in [6.45, 7) is 2.57. The van der Waals surface area contributed by atoms with Crippen LogP contribution in [0.4, 0.5) is 19.0 Å². The number of piperidine rings is 1. The first-order valence-corrected chi connectivity index (χ1v) is 10.1. The van der Waals surface area contributed by atoms with E-state index in [0.717, 1.165) is 12.8 Å². The fourth-order valence-corrected chi connectivity index (χ4v) is 5.08. The van der Waals surface area contributed by atoms with Gasteiger partial charge in [0.25, 0.3) is 5.95 Å². The van der Waals surface area contributed by atoms with Gasteiger partial charge in [-0.15, -0.1) is 0 Å². The second kappa shape index (κ2) is 7.21.